The summed E-state index contributed by atoms with van der Waals surface area (Å²) in [7, 11) is 1.85. The van der Waals surface area contributed by atoms with Crippen molar-refractivity contribution < 1.29 is 14.4 Å². The first-order chi connectivity index (χ1) is 16.5. The van der Waals surface area contributed by atoms with Gasteiger partial charge in [0.15, 0.2) is 0 Å². The zero-order chi connectivity index (χ0) is 23.8. The number of aromatic nitrogens is 2. The molecule has 180 valence electrons. The zero-order valence-electron chi connectivity index (χ0n) is 20.1. The Morgan fingerprint density at radius 3 is 2.35 bits per heavy atom. The third-order valence-electron chi connectivity index (χ3n) is 7.75. The number of piperidine rings is 1. The first kappa shape index (κ1) is 22.6. The Bertz CT molecular complexity index is 1110. The maximum atomic E-state index is 13.4. The maximum Gasteiger partial charge on any atom is 0.263 e. The minimum atomic E-state index is -0.253. The number of amides is 3. The number of nitrogens with zero attached hydrogens (tertiary/aromatic N) is 5. The Morgan fingerprint density at radius 1 is 1.00 bits per heavy atom. The molecule has 0 aliphatic carbocycles. The first-order valence-corrected chi connectivity index (χ1v) is 12.5. The molecule has 0 bridgehead atoms. The van der Waals surface area contributed by atoms with E-state index in [9.17, 15) is 14.4 Å². The number of likely N-dealkylation sites (tertiary alicyclic amines) is 1. The average molecular weight is 464 g/mol. The minimum absolute atomic E-state index is 0.0495. The zero-order valence-corrected chi connectivity index (χ0v) is 20.1. The van der Waals surface area contributed by atoms with Crippen molar-refractivity contribution in [2.45, 2.75) is 52.0 Å². The van der Waals surface area contributed by atoms with E-state index in [1.807, 2.05) is 26.1 Å². The Hall–Kier alpha value is -3.16. The van der Waals surface area contributed by atoms with Gasteiger partial charge < -0.3 is 9.80 Å². The Kier molecular flexibility index (Phi) is 6.15. The predicted octanol–water partition coefficient (Wildman–Crippen LogP) is 3.14. The molecule has 4 heterocycles. The van der Waals surface area contributed by atoms with Gasteiger partial charge in [0.2, 0.25) is 5.91 Å². The second-order valence-electron chi connectivity index (χ2n) is 9.78. The fraction of sp³-hybridized carbons (Fsp3) is 0.538. The van der Waals surface area contributed by atoms with Crippen LogP contribution in [0.5, 0.6) is 0 Å². The van der Waals surface area contributed by atoms with E-state index in [2.05, 4.69) is 14.9 Å². The lowest BCUT2D eigenvalue weighted by Gasteiger charge is -2.35. The van der Waals surface area contributed by atoms with E-state index in [1.54, 1.807) is 16.9 Å². The molecule has 0 radical (unpaired) electrons. The van der Waals surface area contributed by atoms with Gasteiger partial charge in [-0.1, -0.05) is 18.9 Å². The van der Waals surface area contributed by atoms with Crippen LogP contribution in [0.25, 0.3) is 0 Å². The molecule has 1 aromatic heterocycles. The van der Waals surface area contributed by atoms with Gasteiger partial charge in [-0.3, -0.25) is 24.0 Å². The van der Waals surface area contributed by atoms with Crippen molar-refractivity contribution in [3.8, 4) is 0 Å². The number of benzene rings is 1. The van der Waals surface area contributed by atoms with Crippen molar-refractivity contribution in [2.24, 2.45) is 13.0 Å². The van der Waals surface area contributed by atoms with E-state index in [-0.39, 0.29) is 24.3 Å². The summed E-state index contributed by atoms with van der Waals surface area (Å²) in [4.78, 5) is 45.2. The molecule has 2 saturated heterocycles. The number of fused-ring (bicyclic) bond motifs is 1. The number of aryl methyl sites for hydroxylation is 1. The largest absolute Gasteiger partial charge is 0.371 e. The van der Waals surface area contributed by atoms with Gasteiger partial charge in [0.05, 0.1) is 29.6 Å². The number of carbonyl (C=O) groups is 3. The molecule has 3 aliphatic heterocycles. The molecular weight excluding hydrogens is 430 g/mol. The van der Waals surface area contributed by atoms with Crippen LogP contribution in [0.1, 0.15) is 70.5 Å². The van der Waals surface area contributed by atoms with Crippen LogP contribution in [-0.4, -0.2) is 63.5 Å². The van der Waals surface area contributed by atoms with Gasteiger partial charge >= 0.3 is 0 Å². The Balaban J connectivity index is 1.30. The summed E-state index contributed by atoms with van der Waals surface area (Å²) in [5.41, 5.74) is 3.57. The standard InChI is InChI=1S/C26H33N5O3/c1-18-20(16-27-28(18)2)17-31-25(33)21-8-7-9-22(23(21)26(31)34)29-14-10-19(11-15-29)24(32)30-12-5-3-4-6-13-30/h7-9,16,19H,3-6,10-15,17H2,1-2H3. The van der Waals surface area contributed by atoms with Crippen LogP contribution in [0.3, 0.4) is 0 Å². The quantitative estimate of drug-likeness (QED) is 0.651. The maximum absolute atomic E-state index is 13.4. The predicted molar refractivity (Wildman–Crippen MR) is 129 cm³/mol. The van der Waals surface area contributed by atoms with Crippen LogP contribution in [0.4, 0.5) is 5.69 Å². The highest BCUT2D eigenvalue weighted by atomic mass is 16.2. The molecule has 0 N–H and O–H groups in total. The summed E-state index contributed by atoms with van der Waals surface area (Å²) >= 11 is 0. The molecule has 2 aromatic rings. The van der Waals surface area contributed by atoms with Crippen molar-refractivity contribution in [1.29, 1.82) is 0 Å². The van der Waals surface area contributed by atoms with Gasteiger partial charge in [0.25, 0.3) is 11.8 Å². The highest BCUT2D eigenvalue weighted by molar-refractivity contribution is 6.23. The average Bonchev–Trinajstić information content (AvgIpc) is 3.16. The molecule has 2 fully saturated rings. The number of anilines is 1. The Labute approximate surface area is 200 Å². The highest BCUT2D eigenvalue weighted by Crippen LogP contribution is 2.35. The van der Waals surface area contributed by atoms with Crippen LogP contribution in [0, 0.1) is 12.8 Å². The van der Waals surface area contributed by atoms with Crippen molar-refractivity contribution in [1.82, 2.24) is 19.6 Å². The van der Waals surface area contributed by atoms with Crippen LogP contribution in [-0.2, 0) is 18.4 Å². The SMILES string of the molecule is Cc1c(CN2C(=O)c3cccc(N4CCC(C(=O)N5CCCCCC5)CC4)c3C2=O)cnn1C. The van der Waals surface area contributed by atoms with Crippen LogP contribution in [0.2, 0.25) is 0 Å². The smallest absolute Gasteiger partial charge is 0.263 e. The molecule has 3 aliphatic rings. The van der Waals surface area contributed by atoms with Gasteiger partial charge in [0.1, 0.15) is 0 Å². The van der Waals surface area contributed by atoms with E-state index < -0.39 is 0 Å². The summed E-state index contributed by atoms with van der Waals surface area (Å²) < 4.78 is 1.75. The molecule has 8 nitrogen and oxygen atoms in total. The van der Waals surface area contributed by atoms with Crippen molar-refractivity contribution in [3.05, 3.63) is 46.8 Å². The molecule has 0 unspecified atom stereocenters. The molecule has 5 rings (SSSR count). The number of rotatable bonds is 4. The van der Waals surface area contributed by atoms with Crippen LogP contribution >= 0.6 is 0 Å². The molecule has 3 amide bonds. The Morgan fingerprint density at radius 2 is 1.71 bits per heavy atom. The fourth-order valence-corrected chi connectivity index (χ4v) is 5.51. The monoisotopic (exact) mass is 463 g/mol. The van der Waals surface area contributed by atoms with Gasteiger partial charge in [-0.15, -0.1) is 0 Å². The summed E-state index contributed by atoms with van der Waals surface area (Å²) in [6, 6.07) is 5.53. The van der Waals surface area contributed by atoms with Gasteiger partial charge in [-0.05, 0) is 44.7 Å². The number of hydrogen-bond acceptors (Lipinski definition) is 5. The van der Waals surface area contributed by atoms with Crippen molar-refractivity contribution in [2.75, 3.05) is 31.1 Å². The van der Waals surface area contributed by atoms with Crippen LogP contribution in [0.15, 0.2) is 24.4 Å². The van der Waals surface area contributed by atoms with Crippen molar-refractivity contribution in [3.63, 3.8) is 0 Å². The third-order valence-corrected chi connectivity index (χ3v) is 7.75. The van der Waals surface area contributed by atoms with E-state index in [0.29, 0.717) is 30.1 Å². The third kappa shape index (κ3) is 3.99. The van der Waals surface area contributed by atoms with E-state index in [4.69, 9.17) is 0 Å². The molecule has 0 saturated carbocycles. The summed E-state index contributed by atoms with van der Waals surface area (Å²) in [5.74, 6) is -0.157. The minimum Gasteiger partial charge on any atom is -0.371 e. The summed E-state index contributed by atoms with van der Waals surface area (Å²) in [6.45, 7) is 5.34. The molecular formula is C26H33N5O3. The lowest BCUT2D eigenvalue weighted by Crippen LogP contribution is -2.43. The number of imide groups is 1. The molecule has 0 atom stereocenters. The summed E-state index contributed by atoms with van der Waals surface area (Å²) in [5, 5.41) is 4.24. The second kappa shape index (κ2) is 9.24. The van der Waals surface area contributed by atoms with E-state index in [0.717, 1.165) is 55.7 Å². The first-order valence-electron chi connectivity index (χ1n) is 12.5. The summed E-state index contributed by atoms with van der Waals surface area (Å²) in [6.07, 6.45) is 7.90. The molecule has 8 heteroatoms. The molecule has 1 aromatic carbocycles. The highest BCUT2D eigenvalue weighted by Gasteiger charge is 2.39. The number of carbonyl (C=O) groups excluding carboxylic acids is 3. The lowest BCUT2D eigenvalue weighted by atomic mass is 9.94. The molecule has 0 spiro atoms. The van der Waals surface area contributed by atoms with Gasteiger partial charge in [-0.25, -0.2) is 0 Å². The van der Waals surface area contributed by atoms with Crippen molar-refractivity contribution >= 4 is 23.4 Å². The van der Waals surface area contributed by atoms with Gasteiger partial charge in [0, 0.05) is 50.4 Å². The molecule has 34 heavy (non-hydrogen) atoms. The fourth-order valence-electron chi connectivity index (χ4n) is 5.51. The van der Waals surface area contributed by atoms with E-state index in [1.165, 1.54) is 17.7 Å². The topological polar surface area (TPSA) is 78.8 Å². The van der Waals surface area contributed by atoms with Crippen LogP contribution < -0.4 is 4.90 Å². The van der Waals surface area contributed by atoms with Gasteiger partial charge in [-0.2, -0.15) is 5.10 Å². The lowest BCUT2D eigenvalue weighted by molar-refractivity contribution is -0.136. The second-order valence-corrected chi connectivity index (χ2v) is 9.78. The normalized spacial score (nSPS) is 19.5. The number of hydrogen-bond donors (Lipinski definition) is 0. The van der Waals surface area contributed by atoms with E-state index >= 15 is 0 Å².